The Balaban J connectivity index is 5.43. The van der Waals surface area contributed by atoms with Crippen LogP contribution in [-0.2, 0) is 14.3 Å². The van der Waals surface area contributed by atoms with Gasteiger partial charge in [-0.1, -0.05) is 26.7 Å². The van der Waals surface area contributed by atoms with Crippen molar-refractivity contribution in [1.29, 1.82) is 0 Å². The second-order valence-corrected chi connectivity index (χ2v) is 5.20. The van der Waals surface area contributed by atoms with Crippen LogP contribution in [0.4, 0.5) is 0 Å². The fraction of sp³-hybridized carbons (Fsp3) is 0.647. The number of aliphatic hydroxyl groups excluding tert-OH is 1. The number of carbonyl (C=O) groups excluding carboxylic acids is 1. The average molecular weight is 312 g/mol. The van der Waals surface area contributed by atoms with E-state index in [0.717, 1.165) is 25.7 Å². The normalized spacial score (nSPS) is 12.8. The van der Waals surface area contributed by atoms with Gasteiger partial charge in [0.25, 0.3) is 0 Å². The van der Waals surface area contributed by atoms with Gasteiger partial charge in [0.1, 0.15) is 0 Å². The second-order valence-electron chi connectivity index (χ2n) is 5.20. The molecule has 5 heteroatoms. The lowest BCUT2D eigenvalue weighted by Crippen LogP contribution is -2.12. The van der Waals surface area contributed by atoms with Crippen LogP contribution in [0, 0.1) is 0 Å². The van der Waals surface area contributed by atoms with Crippen molar-refractivity contribution in [3.8, 4) is 0 Å². The fourth-order valence-electron chi connectivity index (χ4n) is 1.90. The molecule has 0 aromatic carbocycles. The molecule has 0 aliphatic heterocycles. The van der Waals surface area contributed by atoms with Gasteiger partial charge < -0.3 is 14.9 Å². The molecule has 0 atom stereocenters. The van der Waals surface area contributed by atoms with E-state index in [1.165, 1.54) is 13.0 Å². The molecule has 0 fully saturated rings. The van der Waals surface area contributed by atoms with Crippen LogP contribution in [0.15, 0.2) is 22.8 Å². The van der Waals surface area contributed by atoms with E-state index >= 15 is 0 Å². The maximum atomic E-state index is 12.3. The van der Waals surface area contributed by atoms with Crippen molar-refractivity contribution in [3.05, 3.63) is 22.8 Å². The van der Waals surface area contributed by atoms with Gasteiger partial charge in [-0.15, -0.1) is 0 Å². The third-order valence-corrected chi connectivity index (χ3v) is 3.25. The zero-order valence-electron chi connectivity index (χ0n) is 13.9. The van der Waals surface area contributed by atoms with Crippen LogP contribution in [-0.4, -0.2) is 35.4 Å². The molecular weight excluding hydrogens is 284 g/mol. The number of ether oxygens (including phenoxy) is 1. The lowest BCUT2D eigenvalue weighted by molar-refractivity contribution is -0.139. The van der Waals surface area contributed by atoms with E-state index in [4.69, 9.17) is 9.84 Å². The van der Waals surface area contributed by atoms with E-state index in [0.29, 0.717) is 24.2 Å². The number of esters is 1. The SMILES string of the molecule is CCCCOC(=O)C(CCCC)=C(C=C(C)C(=O)O)CCO. The maximum absolute atomic E-state index is 12.3. The number of hydrogen-bond donors (Lipinski definition) is 2. The molecule has 2 N–H and O–H groups in total. The first-order chi connectivity index (χ1) is 10.5. The summed E-state index contributed by atoms with van der Waals surface area (Å²) in [5.74, 6) is -1.44. The number of carboxylic acid groups (broad SMARTS) is 1. The summed E-state index contributed by atoms with van der Waals surface area (Å²) in [5, 5.41) is 18.2. The Bertz CT molecular complexity index is 421. The van der Waals surface area contributed by atoms with Crippen molar-refractivity contribution in [3.63, 3.8) is 0 Å². The minimum atomic E-state index is -1.04. The number of allylic oxidation sites excluding steroid dienone is 1. The van der Waals surface area contributed by atoms with Crippen molar-refractivity contribution in [2.45, 2.75) is 59.3 Å². The standard InChI is InChI=1S/C17H28O5/c1-4-6-8-15(17(21)22-11-7-5-2)14(9-10-18)12-13(3)16(19)20/h12,18H,4-11H2,1-3H3,(H,19,20). The molecule has 0 unspecified atom stereocenters. The lowest BCUT2D eigenvalue weighted by atomic mass is 9.98. The fourth-order valence-corrected chi connectivity index (χ4v) is 1.90. The molecule has 22 heavy (non-hydrogen) atoms. The minimum absolute atomic E-state index is 0.138. The Morgan fingerprint density at radius 3 is 2.23 bits per heavy atom. The highest BCUT2D eigenvalue weighted by Crippen LogP contribution is 2.20. The molecule has 0 amide bonds. The smallest absolute Gasteiger partial charge is 0.334 e. The van der Waals surface area contributed by atoms with Crippen molar-refractivity contribution in [2.75, 3.05) is 13.2 Å². The van der Waals surface area contributed by atoms with Crippen LogP contribution < -0.4 is 0 Å². The minimum Gasteiger partial charge on any atom is -0.478 e. The maximum Gasteiger partial charge on any atom is 0.334 e. The highest BCUT2D eigenvalue weighted by atomic mass is 16.5. The van der Waals surface area contributed by atoms with Crippen LogP contribution in [0.2, 0.25) is 0 Å². The molecule has 0 aromatic heterocycles. The predicted octanol–water partition coefficient (Wildman–Crippen LogP) is 3.23. The molecule has 0 spiro atoms. The molecule has 0 aliphatic rings. The summed E-state index contributed by atoms with van der Waals surface area (Å²) in [4.78, 5) is 23.2. The third-order valence-electron chi connectivity index (χ3n) is 3.25. The number of aliphatic hydroxyl groups is 1. The molecule has 0 heterocycles. The molecule has 0 aromatic rings. The molecule has 0 bridgehead atoms. The van der Waals surface area contributed by atoms with E-state index in [1.54, 1.807) is 0 Å². The number of carboxylic acids is 1. The van der Waals surface area contributed by atoms with Crippen LogP contribution in [0.25, 0.3) is 0 Å². The van der Waals surface area contributed by atoms with Gasteiger partial charge in [-0.3, -0.25) is 0 Å². The molecule has 0 radical (unpaired) electrons. The van der Waals surface area contributed by atoms with Gasteiger partial charge in [0.05, 0.1) is 6.61 Å². The summed E-state index contributed by atoms with van der Waals surface area (Å²) in [5.41, 5.74) is 1.17. The first-order valence-electron chi connectivity index (χ1n) is 7.89. The summed E-state index contributed by atoms with van der Waals surface area (Å²) in [6, 6.07) is 0. The number of unbranched alkanes of at least 4 members (excludes halogenated alkanes) is 2. The number of hydrogen-bond acceptors (Lipinski definition) is 4. The van der Waals surface area contributed by atoms with Gasteiger partial charge in [0.15, 0.2) is 0 Å². The Morgan fingerprint density at radius 2 is 1.73 bits per heavy atom. The van der Waals surface area contributed by atoms with Gasteiger partial charge in [0.2, 0.25) is 0 Å². The molecule has 126 valence electrons. The van der Waals surface area contributed by atoms with Crippen LogP contribution in [0.1, 0.15) is 59.3 Å². The van der Waals surface area contributed by atoms with E-state index < -0.39 is 11.9 Å². The quantitative estimate of drug-likeness (QED) is 0.265. The largest absolute Gasteiger partial charge is 0.478 e. The lowest BCUT2D eigenvalue weighted by Gasteiger charge is -2.12. The summed E-state index contributed by atoms with van der Waals surface area (Å²) < 4.78 is 5.26. The monoisotopic (exact) mass is 312 g/mol. The van der Waals surface area contributed by atoms with Crippen LogP contribution in [0.3, 0.4) is 0 Å². The number of rotatable bonds is 11. The average Bonchev–Trinajstić information content (AvgIpc) is 2.47. The highest BCUT2D eigenvalue weighted by Gasteiger charge is 2.16. The van der Waals surface area contributed by atoms with E-state index in [9.17, 15) is 14.7 Å². The summed E-state index contributed by atoms with van der Waals surface area (Å²) in [6.07, 6.45) is 5.69. The summed E-state index contributed by atoms with van der Waals surface area (Å²) >= 11 is 0. The molecular formula is C17H28O5. The Morgan fingerprint density at radius 1 is 1.09 bits per heavy atom. The van der Waals surface area contributed by atoms with Gasteiger partial charge in [-0.25, -0.2) is 9.59 Å². The third kappa shape index (κ3) is 7.98. The molecule has 0 aliphatic carbocycles. The van der Waals surface area contributed by atoms with E-state index in [1.807, 2.05) is 13.8 Å². The summed E-state index contributed by atoms with van der Waals surface area (Å²) in [7, 11) is 0. The Kier molecular flexibility index (Phi) is 11.1. The predicted molar refractivity (Wildman–Crippen MR) is 85.5 cm³/mol. The molecule has 0 saturated carbocycles. The molecule has 0 saturated heterocycles. The van der Waals surface area contributed by atoms with Gasteiger partial charge in [0, 0.05) is 17.8 Å². The molecule has 5 nitrogen and oxygen atoms in total. The van der Waals surface area contributed by atoms with E-state index in [-0.39, 0.29) is 18.6 Å². The van der Waals surface area contributed by atoms with Crippen molar-refractivity contribution in [2.24, 2.45) is 0 Å². The van der Waals surface area contributed by atoms with Gasteiger partial charge in [-0.2, -0.15) is 0 Å². The molecule has 0 rings (SSSR count). The summed E-state index contributed by atoms with van der Waals surface area (Å²) in [6.45, 7) is 5.72. The highest BCUT2D eigenvalue weighted by molar-refractivity contribution is 5.91. The zero-order chi connectivity index (χ0) is 17.0. The van der Waals surface area contributed by atoms with Crippen molar-refractivity contribution in [1.82, 2.24) is 0 Å². The first kappa shape index (κ1) is 20.4. The Labute approximate surface area is 132 Å². The van der Waals surface area contributed by atoms with E-state index in [2.05, 4.69) is 0 Å². The van der Waals surface area contributed by atoms with Crippen molar-refractivity contribution >= 4 is 11.9 Å². The van der Waals surface area contributed by atoms with Crippen molar-refractivity contribution < 1.29 is 24.5 Å². The number of carbonyl (C=O) groups is 2. The second kappa shape index (κ2) is 12.0. The van der Waals surface area contributed by atoms with Crippen LogP contribution >= 0.6 is 0 Å². The van der Waals surface area contributed by atoms with Crippen LogP contribution in [0.5, 0.6) is 0 Å². The van der Waals surface area contributed by atoms with Gasteiger partial charge >= 0.3 is 11.9 Å². The topological polar surface area (TPSA) is 83.8 Å². The number of aliphatic carboxylic acids is 1. The first-order valence-corrected chi connectivity index (χ1v) is 7.89. The van der Waals surface area contributed by atoms with Gasteiger partial charge in [-0.05, 0) is 44.3 Å². The Hall–Kier alpha value is -1.62. The zero-order valence-corrected chi connectivity index (χ0v) is 13.9.